The molecule has 2 aromatic carbocycles. The fourth-order valence-electron chi connectivity index (χ4n) is 2.74. The van der Waals surface area contributed by atoms with Crippen LogP contribution < -0.4 is 10.1 Å². The van der Waals surface area contributed by atoms with Crippen LogP contribution in [0.3, 0.4) is 0 Å². The van der Waals surface area contributed by atoms with Gasteiger partial charge in [-0.25, -0.2) is 0 Å². The smallest absolute Gasteiger partial charge is 0.119 e. The van der Waals surface area contributed by atoms with Gasteiger partial charge in [0.2, 0.25) is 0 Å². The van der Waals surface area contributed by atoms with E-state index in [4.69, 9.17) is 9.47 Å². The first-order valence-electron chi connectivity index (χ1n) is 8.39. The molecule has 1 saturated heterocycles. The lowest BCUT2D eigenvalue weighted by Crippen LogP contribution is -2.25. The van der Waals surface area contributed by atoms with E-state index in [0.29, 0.717) is 12.7 Å². The van der Waals surface area contributed by atoms with Crippen LogP contribution >= 0.6 is 0 Å². The Bertz CT molecular complexity index is 586. The van der Waals surface area contributed by atoms with Crippen molar-refractivity contribution < 1.29 is 9.47 Å². The summed E-state index contributed by atoms with van der Waals surface area (Å²) in [6.45, 7) is 5.43. The third kappa shape index (κ3) is 5.08. The molecule has 23 heavy (non-hydrogen) atoms. The van der Waals surface area contributed by atoms with Gasteiger partial charge in [-0.05, 0) is 43.0 Å². The number of rotatable bonds is 7. The molecule has 0 spiro atoms. The Balaban J connectivity index is 1.42. The van der Waals surface area contributed by atoms with Crippen LogP contribution in [0.2, 0.25) is 0 Å². The first-order chi connectivity index (χ1) is 11.3. The van der Waals surface area contributed by atoms with Crippen molar-refractivity contribution in [3.63, 3.8) is 0 Å². The molecule has 0 bridgehead atoms. The molecule has 1 atom stereocenters. The lowest BCUT2D eigenvalue weighted by atomic mass is 10.2. The second kappa shape index (κ2) is 8.14. The van der Waals surface area contributed by atoms with Crippen molar-refractivity contribution in [1.29, 1.82) is 0 Å². The summed E-state index contributed by atoms with van der Waals surface area (Å²) in [7, 11) is 0. The molecule has 0 saturated carbocycles. The summed E-state index contributed by atoms with van der Waals surface area (Å²) < 4.78 is 11.4. The van der Waals surface area contributed by atoms with Gasteiger partial charge in [0, 0.05) is 19.7 Å². The first kappa shape index (κ1) is 16.0. The van der Waals surface area contributed by atoms with Gasteiger partial charge in [0.25, 0.3) is 0 Å². The SMILES string of the molecule is Cc1ccc(COc2ccc(CNC[C@@H]3CCCO3)cc2)cc1. The summed E-state index contributed by atoms with van der Waals surface area (Å²) in [5.41, 5.74) is 3.73. The minimum absolute atomic E-state index is 0.395. The molecular weight excluding hydrogens is 286 g/mol. The van der Waals surface area contributed by atoms with E-state index in [1.165, 1.54) is 29.5 Å². The van der Waals surface area contributed by atoms with Crippen LogP contribution in [0.5, 0.6) is 5.75 Å². The molecule has 3 rings (SSSR count). The number of ether oxygens (including phenoxy) is 2. The molecule has 1 aliphatic rings. The average Bonchev–Trinajstić information content (AvgIpc) is 3.09. The fourth-order valence-corrected chi connectivity index (χ4v) is 2.74. The molecule has 122 valence electrons. The molecule has 0 radical (unpaired) electrons. The molecule has 0 unspecified atom stereocenters. The van der Waals surface area contributed by atoms with Gasteiger partial charge < -0.3 is 14.8 Å². The Kier molecular flexibility index (Phi) is 5.67. The van der Waals surface area contributed by atoms with Crippen molar-refractivity contribution in [2.75, 3.05) is 13.2 Å². The summed E-state index contributed by atoms with van der Waals surface area (Å²) in [5.74, 6) is 0.911. The van der Waals surface area contributed by atoms with Gasteiger partial charge in [0.05, 0.1) is 6.10 Å². The van der Waals surface area contributed by atoms with Gasteiger partial charge in [-0.3, -0.25) is 0 Å². The maximum atomic E-state index is 5.83. The van der Waals surface area contributed by atoms with Crippen LogP contribution in [0, 0.1) is 6.92 Å². The summed E-state index contributed by atoms with van der Waals surface area (Å²) in [5, 5.41) is 3.46. The summed E-state index contributed by atoms with van der Waals surface area (Å²) in [6.07, 6.45) is 2.77. The molecule has 1 aliphatic heterocycles. The van der Waals surface area contributed by atoms with E-state index in [2.05, 4.69) is 48.6 Å². The minimum atomic E-state index is 0.395. The molecule has 1 N–H and O–H groups in total. The molecule has 0 aliphatic carbocycles. The highest BCUT2D eigenvalue weighted by Crippen LogP contribution is 2.15. The maximum Gasteiger partial charge on any atom is 0.119 e. The van der Waals surface area contributed by atoms with Crippen LogP contribution in [0.1, 0.15) is 29.5 Å². The highest BCUT2D eigenvalue weighted by atomic mass is 16.5. The number of hydrogen-bond donors (Lipinski definition) is 1. The van der Waals surface area contributed by atoms with E-state index in [9.17, 15) is 0 Å². The van der Waals surface area contributed by atoms with Crippen LogP contribution in [0.15, 0.2) is 48.5 Å². The predicted octanol–water partition coefficient (Wildman–Crippen LogP) is 3.84. The van der Waals surface area contributed by atoms with E-state index in [0.717, 1.165) is 25.4 Å². The Hall–Kier alpha value is -1.84. The Morgan fingerprint density at radius 2 is 1.78 bits per heavy atom. The van der Waals surface area contributed by atoms with Gasteiger partial charge in [-0.1, -0.05) is 42.0 Å². The zero-order valence-corrected chi connectivity index (χ0v) is 13.8. The van der Waals surface area contributed by atoms with Crippen LogP contribution in [-0.2, 0) is 17.9 Å². The van der Waals surface area contributed by atoms with Crippen molar-refractivity contribution >= 4 is 0 Å². The quantitative estimate of drug-likeness (QED) is 0.842. The van der Waals surface area contributed by atoms with E-state index in [1.807, 2.05) is 12.1 Å². The lowest BCUT2D eigenvalue weighted by Gasteiger charge is -2.11. The topological polar surface area (TPSA) is 30.5 Å². The highest BCUT2D eigenvalue weighted by Gasteiger charge is 2.14. The first-order valence-corrected chi connectivity index (χ1v) is 8.39. The monoisotopic (exact) mass is 311 g/mol. The van der Waals surface area contributed by atoms with Crippen LogP contribution in [0.25, 0.3) is 0 Å². The van der Waals surface area contributed by atoms with Gasteiger partial charge in [-0.2, -0.15) is 0 Å². The highest BCUT2D eigenvalue weighted by molar-refractivity contribution is 5.28. The normalized spacial score (nSPS) is 17.3. The zero-order valence-electron chi connectivity index (χ0n) is 13.8. The lowest BCUT2D eigenvalue weighted by molar-refractivity contribution is 0.110. The number of benzene rings is 2. The van der Waals surface area contributed by atoms with Crippen molar-refractivity contribution in [1.82, 2.24) is 5.32 Å². The molecule has 3 heteroatoms. The van der Waals surface area contributed by atoms with Gasteiger partial charge in [0.1, 0.15) is 12.4 Å². The Morgan fingerprint density at radius 1 is 1.04 bits per heavy atom. The fraction of sp³-hybridized carbons (Fsp3) is 0.400. The second-order valence-electron chi connectivity index (χ2n) is 6.18. The van der Waals surface area contributed by atoms with Crippen molar-refractivity contribution in [3.8, 4) is 5.75 Å². The second-order valence-corrected chi connectivity index (χ2v) is 6.18. The maximum absolute atomic E-state index is 5.83. The standard InChI is InChI=1S/C20H25NO2/c1-16-4-6-18(7-5-16)15-23-19-10-8-17(9-11-19)13-21-14-20-3-2-12-22-20/h4-11,20-21H,2-3,12-15H2,1H3/t20-/m0/s1. The van der Waals surface area contributed by atoms with E-state index >= 15 is 0 Å². The van der Waals surface area contributed by atoms with Crippen molar-refractivity contribution in [2.45, 2.75) is 39.0 Å². The molecule has 1 heterocycles. The molecule has 3 nitrogen and oxygen atoms in total. The minimum Gasteiger partial charge on any atom is -0.489 e. The summed E-state index contributed by atoms with van der Waals surface area (Å²) >= 11 is 0. The van der Waals surface area contributed by atoms with Gasteiger partial charge in [-0.15, -0.1) is 0 Å². The molecular formula is C20H25NO2. The Labute approximate surface area is 138 Å². The molecule has 2 aromatic rings. The van der Waals surface area contributed by atoms with E-state index in [-0.39, 0.29) is 0 Å². The van der Waals surface area contributed by atoms with Crippen molar-refractivity contribution in [3.05, 3.63) is 65.2 Å². The number of nitrogens with one attached hydrogen (secondary N) is 1. The molecule has 0 aromatic heterocycles. The molecule has 0 amide bonds. The van der Waals surface area contributed by atoms with Gasteiger partial charge in [0.15, 0.2) is 0 Å². The zero-order chi connectivity index (χ0) is 15.9. The third-order valence-corrected chi connectivity index (χ3v) is 4.17. The molecule has 1 fully saturated rings. The largest absolute Gasteiger partial charge is 0.489 e. The van der Waals surface area contributed by atoms with Crippen molar-refractivity contribution in [2.24, 2.45) is 0 Å². The summed E-state index contributed by atoms with van der Waals surface area (Å²) in [6, 6.07) is 16.8. The number of hydrogen-bond acceptors (Lipinski definition) is 3. The third-order valence-electron chi connectivity index (χ3n) is 4.17. The number of aryl methyl sites for hydroxylation is 1. The summed E-state index contributed by atoms with van der Waals surface area (Å²) in [4.78, 5) is 0. The van der Waals surface area contributed by atoms with Crippen LogP contribution in [-0.4, -0.2) is 19.3 Å². The predicted molar refractivity (Wildman–Crippen MR) is 92.6 cm³/mol. The van der Waals surface area contributed by atoms with Gasteiger partial charge >= 0.3 is 0 Å². The Morgan fingerprint density at radius 3 is 2.48 bits per heavy atom. The van der Waals surface area contributed by atoms with E-state index < -0.39 is 0 Å². The van der Waals surface area contributed by atoms with E-state index in [1.54, 1.807) is 0 Å². The average molecular weight is 311 g/mol. The van der Waals surface area contributed by atoms with Crippen LogP contribution in [0.4, 0.5) is 0 Å².